The lowest BCUT2D eigenvalue weighted by atomic mass is 9.92. The minimum absolute atomic E-state index is 0.484. The molecule has 1 aromatic carbocycles. The summed E-state index contributed by atoms with van der Waals surface area (Å²) in [4.78, 5) is 0. The van der Waals surface area contributed by atoms with E-state index >= 15 is 0 Å². The standard InChI is InChI=1S/C14H22O/c1-4-7-12-11(6-3)9-10-14(15)13(12)8-5-2/h9-10,15H,4-8H2,1-3H3. The first kappa shape index (κ1) is 12.1. The van der Waals surface area contributed by atoms with Crippen molar-refractivity contribution in [2.24, 2.45) is 0 Å². The van der Waals surface area contributed by atoms with E-state index in [1.807, 2.05) is 6.07 Å². The molecular formula is C14H22O. The Morgan fingerprint density at radius 3 is 2.07 bits per heavy atom. The summed E-state index contributed by atoms with van der Waals surface area (Å²) in [6.07, 6.45) is 5.39. The summed E-state index contributed by atoms with van der Waals surface area (Å²) in [6, 6.07) is 3.92. The lowest BCUT2D eigenvalue weighted by Crippen LogP contribution is -2.00. The molecule has 1 rings (SSSR count). The van der Waals surface area contributed by atoms with Crippen molar-refractivity contribution < 1.29 is 5.11 Å². The molecule has 1 nitrogen and oxygen atoms in total. The molecule has 0 aliphatic carbocycles. The van der Waals surface area contributed by atoms with Crippen molar-refractivity contribution in [3.63, 3.8) is 0 Å². The molecule has 0 heterocycles. The molecule has 0 radical (unpaired) electrons. The molecule has 1 heteroatoms. The zero-order valence-corrected chi connectivity index (χ0v) is 10.1. The minimum Gasteiger partial charge on any atom is -0.508 e. The summed E-state index contributed by atoms with van der Waals surface area (Å²) < 4.78 is 0. The maximum Gasteiger partial charge on any atom is 0.119 e. The zero-order chi connectivity index (χ0) is 11.3. The number of hydrogen-bond acceptors (Lipinski definition) is 1. The molecule has 0 aliphatic rings. The van der Waals surface area contributed by atoms with Gasteiger partial charge in [0.05, 0.1) is 0 Å². The van der Waals surface area contributed by atoms with E-state index in [0.717, 1.165) is 32.1 Å². The number of benzene rings is 1. The van der Waals surface area contributed by atoms with Crippen LogP contribution in [0, 0.1) is 0 Å². The topological polar surface area (TPSA) is 20.2 Å². The quantitative estimate of drug-likeness (QED) is 0.775. The van der Waals surface area contributed by atoms with E-state index in [9.17, 15) is 5.11 Å². The van der Waals surface area contributed by atoms with Gasteiger partial charge < -0.3 is 5.11 Å². The van der Waals surface area contributed by atoms with Crippen molar-refractivity contribution in [2.45, 2.75) is 52.9 Å². The fourth-order valence-electron chi connectivity index (χ4n) is 2.15. The number of aryl methyl sites for hydroxylation is 1. The summed E-state index contributed by atoms with van der Waals surface area (Å²) in [7, 11) is 0. The third kappa shape index (κ3) is 2.74. The molecule has 0 atom stereocenters. The normalized spacial score (nSPS) is 10.6. The Morgan fingerprint density at radius 1 is 0.933 bits per heavy atom. The Balaban J connectivity index is 3.17. The van der Waals surface area contributed by atoms with E-state index in [4.69, 9.17) is 0 Å². The van der Waals surface area contributed by atoms with Crippen molar-refractivity contribution in [1.82, 2.24) is 0 Å². The largest absolute Gasteiger partial charge is 0.508 e. The Morgan fingerprint density at radius 2 is 1.53 bits per heavy atom. The zero-order valence-electron chi connectivity index (χ0n) is 10.1. The Hall–Kier alpha value is -0.980. The molecule has 1 aromatic rings. The number of hydrogen-bond donors (Lipinski definition) is 1. The van der Waals surface area contributed by atoms with Gasteiger partial charge in [-0.2, -0.15) is 0 Å². The second kappa shape index (κ2) is 5.79. The van der Waals surface area contributed by atoms with Gasteiger partial charge in [-0.1, -0.05) is 39.7 Å². The second-order valence-electron chi connectivity index (χ2n) is 4.05. The van der Waals surface area contributed by atoms with Crippen LogP contribution in [0.15, 0.2) is 12.1 Å². The monoisotopic (exact) mass is 206 g/mol. The van der Waals surface area contributed by atoms with Gasteiger partial charge in [0.1, 0.15) is 5.75 Å². The first-order valence-electron chi connectivity index (χ1n) is 6.07. The third-order valence-corrected chi connectivity index (χ3v) is 2.88. The van der Waals surface area contributed by atoms with Gasteiger partial charge in [-0.3, -0.25) is 0 Å². The Kier molecular flexibility index (Phi) is 4.67. The summed E-state index contributed by atoms with van der Waals surface area (Å²) in [6.45, 7) is 6.54. The predicted octanol–water partition coefficient (Wildman–Crippen LogP) is 3.86. The maximum atomic E-state index is 9.87. The Labute approximate surface area is 93.1 Å². The summed E-state index contributed by atoms with van der Waals surface area (Å²) >= 11 is 0. The molecule has 84 valence electrons. The van der Waals surface area contributed by atoms with E-state index < -0.39 is 0 Å². The average molecular weight is 206 g/mol. The van der Waals surface area contributed by atoms with Crippen molar-refractivity contribution in [2.75, 3.05) is 0 Å². The van der Waals surface area contributed by atoms with Crippen LogP contribution < -0.4 is 0 Å². The number of phenolic OH excluding ortho intramolecular Hbond substituents is 1. The van der Waals surface area contributed by atoms with Gasteiger partial charge in [0, 0.05) is 0 Å². The first-order chi connectivity index (χ1) is 7.24. The predicted molar refractivity (Wildman–Crippen MR) is 65.5 cm³/mol. The maximum absolute atomic E-state index is 9.87. The highest BCUT2D eigenvalue weighted by Gasteiger charge is 2.10. The number of rotatable bonds is 5. The van der Waals surface area contributed by atoms with Crippen LogP contribution in [0.25, 0.3) is 0 Å². The lowest BCUT2D eigenvalue weighted by molar-refractivity contribution is 0.466. The van der Waals surface area contributed by atoms with E-state index in [2.05, 4.69) is 26.8 Å². The van der Waals surface area contributed by atoms with Crippen LogP contribution >= 0.6 is 0 Å². The first-order valence-corrected chi connectivity index (χ1v) is 6.07. The van der Waals surface area contributed by atoms with Crippen LogP contribution in [0.5, 0.6) is 5.75 Å². The summed E-state index contributed by atoms with van der Waals surface area (Å²) in [5, 5.41) is 9.87. The lowest BCUT2D eigenvalue weighted by Gasteiger charge is -2.14. The van der Waals surface area contributed by atoms with Crippen LogP contribution in [-0.2, 0) is 19.3 Å². The highest BCUT2D eigenvalue weighted by Crippen LogP contribution is 2.27. The van der Waals surface area contributed by atoms with E-state index in [1.165, 1.54) is 16.7 Å². The molecule has 0 bridgehead atoms. The van der Waals surface area contributed by atoms with Gasteiger partial charge in [0.25, 0.3) is 0 Å². The summed E-state index contributed by atoms with van der Waals surface area (Å²) in [5.74, 6) is 0.484. The molecule has 0 unspecified atom stereocenters. The number of phenols is 1. The van der Waals surface area contributed by atoms with Crippen molar-refractivity contribution >= 4 is 0 Å². The highest BCUT2D eigenvalue weighted by molar-refractivity contribution is 5.44. The van der Waals surface area contributed by atoms with Gasteiger partial charge in [-0.15, -0.1) is 0 Å². The molecule has 1 N–H and O–H groups in total. The van der Waals surface area contributed by atoms with Crippen LogP contribution in [0.4, 0.5) is 0 Å². The molecule has 0 amide bonds. The Bertz CT molecular complexity index is 315. The molecule has 0 saturated heterocycles. The molecule has 0 fully saturated rings. The molecule has 0 spiro atoms. The van der Waals surface area contributed by atoms with Gasteiger partial charge in [-0.05, 0) is 42.0 Å². The van der Waals surface area contributed by atoms with Crippen LogP contribution in [0.2, 0.25) is 0 Å². The van der Waals surface area contributed by atoms with Crippen LogP contribution in [0.3, 0.4) is 0 Å². The number of aromatic hydroxyl groups is 1. The van der Waals surface area contributed by atoms with Gasteiger partial charge in [-0.25, -0.2) is 0 Å². The highest BCUT2D eigenvalue weighted by atomic mass is 16.3. The fraction of sp³-hybridized carbons (Fsp3) is 0.571. The molecule has 0 aromatic heterocycles. The molecule has 15 heavy (non-hydrogen) atoms. The minimum atomic E-state index is 0.484. The van der Waals surface area contributed by atoms with Crippen LogP contribution in [0.1, 0.15) is 50.3 Å². The average Bonchev–Trinajstić information content (AvgIpc) is 2.24. The molecular weight excluding hydrogens is 184 g/mol. The van der Waals surface area contributed by atoms with Crippen molar-refractivity contribution in [1.29, 1.82) is 0 Å². The fourth-order valence-corrected chi connectivity index (χ4v) is 2.15. The van der Waals surface area contributed by atoms with Gasteiger partial charge >= 0.3 is 0 Å². The van der Waals surface area contributed by atoms with Gasteiger partial charge in [0.2, 0.25) is 0 Å². The van der Waals surface area contributed by atoms with Crippen molar-refractivity contribution in [3.8, 4) is 5.75 Å². The third-order valence-electron chi connectivity index (χ3n) is 2.88. The molecule has 0 aliphatic heterocycles. The molecule has 0 saturated carbocycles. The van der Waals surface area contributed by atoms with E-state index in [1.54, 1.807) is 0 Å². The smallest absolute Gasteiger partial charge is 0.119 e. The van der Waals surface area contributed by atoms with E-state index in [-0.39, 0.29) is 0 Å². The second-order valence-corrected chi connectivity index (χ2v) is 4.05. The van der Waals surface area contributed by atoms with Crippen molar-refractivity contribution in [3.05, 3.63) is 28.8 Å². The van der Waals surface area contributed by atoms with Crippen LogP contribution in [-0.4, -0.2) is 5.11 Å². The van der Waals surface area contributed by atoms with Gasteiger partial charge in [0.15, 0.2) is 0 Å². The SMILES string of the molecule is CCCc1c(O)ccc(CC)c1CCC. The van der Waals surface area contributed by atoms with E-state index in [0.29, 0.717) is 5.75 Å². The summed E-state index contributed by atoms with van der Waals surface area (Å²) in [5.41, 5.74) is 3.97.